The molecule has 1 aromatic carbocycles. The quantitative estimate of drug-likeness (QED) is 0.846. The number of piperidine rings is 1. The second kappa shape index (κ2) is 5.27. The molecule has 4 nitrogen and oxygen atoms in total. The van der Waals surface area contributed by atoms with Gasteiger partial charge in [0.05, 0.1) is 6.42 Å². The number of hydrogen-bond acceptors (Lipinski definition) is 3. The molecule has 2 N–H and O–H groups in total. The van der Waals surface area contributed by atoms with Gasteiger partial charge in [-0.05, 0) is 24.1 Å². The molecule has 2 rings (SSSR count). The van der Waals surface area contributed by atoms with E-state index in [1.165, 1.54) is 17.0 Å². The van der Waals surface area contributed by atoms with Gasteiger partial charge in [0.1, 0.15) is 5.82 Å². The number of imide groups is 1. The van der Waals surface area contributed by atoms with E-state index in [0.29, 0.717) is 18.5 Å². The number of carbonyl (C=O) groups excluding carboxylic acids is 2. The van der Waals surface area contributed by atoms with E-state index < -0.39 is 0 Å². The maximum Gasteiger partial charge on any atom is 0.233 e. The first-order chi connectivity index (χ1) is 8.56. The Kier molecular flexibility index (Phi) is 3.72. The van der Waals surface area contributed by atoms with Crippen LogP contribution in [-0.4, -0.2) is 29.3 Å². The molecule has 1 aliphatic rings. The van der Waals surface area contributed by atoms with Gasteiger partial charge in [0.15, 0.2) is 0 Å². The van der Waals surface area contributed by atoms with E-state index in [2.05, 4.69) is 0 Å². The number of likely N-dealkylation sites (tertiary alicyclic amines) is 1. The number of rotatable bonds is 2. The van der Waals surface area contributed by atoms with E-state index in [-0.39, 0.29) is 36.5 Å². The van der Waals surface area contributed by atoms with Crippen LogP contribution in [0.2, 0.25) is 0 Å². The molecule has 1 saturated heterocycles. The van der Waals surface area contributed by atoms with Crippen LogP contribution < -0.4 is 5.73 Å². The third-order valence-corrected chi connectivity index (χ3v) is 3.03. The summed E-state index contributed by atoms with van der Waals surface area (Å²) in [6.07, 6.45) is 0.970. The molecule has 1 aromatic rings. The summed E-state index contributed by atoms with van der Waals surface area (Å²) in [5.74, 6) is -0.814. The molecule has 1 fully saturated rings. The highest BCUT2D eigenvalue weighted by atomic mass is 19.1. The number of carbonyl (C=O) groups is 2. The van der Waals surface area contributed by atoms with Crippen molar-refractivity contribution in [3.8, 4) is 0 Å². The van der Waals surface area contributed by atoms with Crippen LogP contribution in [0.5, 0.6) is 0 Å². The Hall–Kier alpha value is -1.75. The number of amides is 2. The molecule has 96 valence electrons. The second-order valence-corrected chi connectivity index (χ2v) is 4.50. The van der Waals surface area contributed by atoms with E-state index in [1.54, 1.807) is 12.1 Å². The molecule has 0 radical (unpaired) electrons. The van der Waals surface area contributed by atoms with Crippen molar-refractivity contribution in [2.75, 3.05) is 6.54 Å². The average molecular weight is 250 g/mol. The molecule has 1 aliphatic heterocycles. The SMILES string of the molecule is NC1CCN(C(=O)Cc2ccc(F)cc2)C(=O)C1. The van der Waals surface area contributed by atoms with Crippen LogP contribution in [0.25, 0.3) is 0 Å². The molecule has 1 atom stereocenters. The van der Waals surface area contributed by atoms with Gasteiger partial charge < -0.3 is 5.73 Å². The van der Waals surface area contributed by atoms with Crippen LogP contribution in [0.4, 0.5) is 4.39 Å². The van der Waals surface area contributed by atoms with Crippen molar-refractivity contribution in [1.82, 2.24) is 4.90 Å². The third kappa shape index (κ3) is 2.92. The van der Waals surface area contributed by atoms with Gasteiger partial charge in [0.2, 0.25) is 11.8 Å². The van der Waals surface area contributed by atoms with Gasteiger partial charge in [-0.15, -0.1) is 0 Å². The van der Waals surface area contributed by atoms with Gasteiger partial charge in [0, 0.05) is 19.0 Å². The smallest absolute Gasteiger partial charge is 0.233 e. The van der Waals surface area contributed by atoms with Crippen molar-refractivity contribution < 1.29 is 14.0 Å². The number of nitrogens with zero attached hydrogens (tertiary/aromatic N) is 1. The van der Waals surface area contributed by atoms with Crippen LogP contribution in [-0.2, 0) is 16.0 Å². The molecule has 1 heterocycles. The zero-order valence-corrected chi connectivity index (χ0v) is 9.93. The summed E-state index contributed by atoms with van der Waals surface area (Å²) in [6, 6.07) is 5.56. The molecule has 0 aliphatic carbocycles. The molecule has 0 saturated carbocycles. The average Bonchev–Trinajstić information content (AvgIpc) is 2.32. The highest BCUT2D eigenvalue weighted by molar-refractivity contribution is 5.96. The van der Waals surface area contributed by atoms with Crippen LogP contribution in [0.3, 0.4) is 0 Å². The fourth-order valence-corrected chi connectivity index (χ4v) is 1.99. The summed E-state index contributed by atoms with van der Waals surface area (Å²) in [5.41, 5.74) is 6.35. The van der Waals surface area contributed by atoms with E-state index >= 15 is 0 Å². The Morgan fingerprint density at radius 1 is 1.39 bits per heavy atom. The van der Waals surface area contributed by atoms with Crippen LogP contribution >= 0.6 is 0 Å². The van der Waals surface area contributed by atoms with Crippen molar-refractivity contribution in [1.29, 1.82) is 0 Å². The highest BCUT2D eigenvalue weighted by Gasteiger charge is 2.27. The van der Waals surface area contributed by atoms with Crippen molar-refractivity contribution in [2.45, 2.75) is 25.3 Å². The number of hydrogen-bond donors (Lipinski definition) is 1. The molecule has 5 heteroatoms. The molecule has 0 aromatic heterocycles. The standard InChI is InChI=1S/C13H15FN2O2/c14-10-3-1-9(2-4-10)7-12(17)16-6-5-11(15)8-13(16)18/h1-4,11H,5-8,15H2. The molecule has 1 unspecified atom stereocenters. The molecular formula is C13H15FN2O2. The zero-order valence-electron chi connectivity index (χ0n) is 9.93. The minimum absolute atomic E-state index is 0.112. The lowest BCUT2D eigenvalue weighted by atomic mass is 10.0. The molecule has 0 spiro atoms. The maximum atomic E-state index is 12.7. The van der Waals surface area contributed by atoms with Crippen molar-refractivity contribution in [2.24, 2.45) is 5.73 Å². The van der Waals surface area contributed by atoms with Gasteiger partial charge in [-0.2, -0.15) is 0 Å². The normalized spacial score (nSPS) is 20.0. The lowest BCUT2D eigenvalue weighted by Gasteiger charge is -2.28. The molecule has 0 bridgehead atoms. The Balaban J connectivity index is 1.99. The predicted molar refractivity (Wildman–Crippen MR) is 64.0 cm³/mol. The highest BCUT2D eigenvalue weighted by Crippen LogP contribution is 2.12. The minimum Gasteiger partial charge on any atom is -0.327 e. The van der Waals surface area contributed by atoms with Gasteiger partial charge in [-0.3, -0.25) is 14.5 Å². The van der Waals surface area contributed by atoms with E-state index in [4.69, 9.17) is 5.73 Å². The monoisotopic (exact) mass is 250 g/mol. The van der Waals surface area contributed by atoms with Gasteiger partial charge in [-0.1, -0.05) is 12.1 Å². The van der Waals surface area contributed by atoms with E-state index in [0.717, 1.165) is 0 Å². The Labute approximate surface area is 105 Å². The van der Waals surface area contributed by atoms with Crippen molar-refractivity contribution in [3.63, 3.8) is 0 Å². The van der Waals surface area contributed by atoms with Crippen molar-refractivity contribution >= 4 is 11.8 Å². The van der Waals surface area contributed by atoms with E-state index in [1.807, 2.05) is 0 Å². The second-order valence-electron chi connectivity index (χ2n) is 4.50. The Morgan fingerprint density at radius 2 is 2.06 bits per heavy atom. The molecule has 2 amide bonds. The summed E-state index contributed by atoms with van der Waals surface area (Å²) >= 11 is 0. The first kappa shape index (κ1) is 12.7. The zero-order chi connectivity index (χ0) is 13.1. The summed E-state index contributed by atoms with van der Waals surface area (Å²) in [4.78, 5) is 24.8. The first-order valence-electron chi connectivity index (χ1n) is 5.89. The summed E-state index contributed by atoms with van der Waals surface area (Å²) < 4.78 is 12.7. The van der Waals surface area contributed by atoms with Crippen LogP contribution in [0, 0.1) is 5.82 Å². The summed E-state index contributed by atoms with van der Waals surface area (Å²) in [6.45, 7) is 0.375. The molecule has 18 heavy (non-hydrogen) atoms. The fourth-order valence-electron chi connectivity index (χ4n) is 1.99. The fraction of sp³-hybridized carbons (Fsp3) is 0.385. The minimum atomic E-state index is -0.341. The lowest BCUT2D eigenvalue weighted by molar-refractivity contribution is -0.146. The first-order valence-corrected chi connectivity index (χ1v) is 5.89. The molecular weight excluding hydrogens is 235 g/mol. The van der Waals surface area contributed by atoms with Crippen LogP contribution in [0.15, 0.2) is 24.3 Å². The van der Waals surface area contributed by atoms with Gasteiger partial charge in [-0.25, -0.2) is 4.39 Å². The maximum absolute atomic E-state index is 12.7. The predicted octanol–water partition coefficient (Wildman–Crippen LogP) is 0.844. The van der Waals surface area contributed by atoms with Gasteiger partial charge >= 0.3 is 0 Å². The topological polar surface area (TPSA) is 63.4 Å². The lowest BCUT2D eigenvalue weighted by Crippen LogP contribution is -2.47. The third-order valence-electron chi connectivity index (χ3n) is 3.03. The number of benzene rings is 1. The van der Waals surface area contributed by atoms with E-state index in [9.17, 15) is 14.0 Å². The number of halogens is 1. The summed E-state index contributed by atoms with van der Waals surface area (Å²) in [5, 5.41) is 0. The van der Waals surface area contributed by atoms with Gasteiger partial charge in [0.25, 0.3) is 0 Å². The summed E-state index contributed by atoms with van der Waals surface area (Å²) in [7, 11) is 0. The largest absolute Gasteiger partial charge is 0.327 e. The van der Waals surface area contributed by atoms with Crippen molar-refractivity contribution in [3.05, 3.63) is 35.6 Å². The number of nitrogens with two attached hydrogens (primary N) is 1. The Morgan fingerprint density at radius 3 is 2.67 bits per heavy atom. The van der Waals surface area contributed by atoms with Crippen LogP contribution in [0.1, 0.15) is 18.4 Å². The Bertz CT molecular complexity index is 459.